The van der Waals surface area contributed by atoms with Crippen molar-refractivity contribution in [1.82, 2.24) is 5.01 Å². The Balaban J connectivity index is 2.24. The van der Waals surface area contributed by atoms with E-state index < -0.39 is 11.4 Å². The molecule has 0 bridgehead atoms. The number of hydrogen-bond acceptors (Lipinski definition) is 4. The molecule has 1 aliphatic heterocycles. The topological polar surface area (TPSA) is 84.7 Å². The molecule has 1 unspecified atom stereocenters. The Bertz CT molecular complexity index is 831. The van der Waals surface area contributed by atoms with Gasteiger partial charge in [0, 0.05) is 35.3 Å². The van der Waals surface area contributed by atoms with E-state index in [2.05, 4.69) is 5.10 Å². The van der Waals surface area contributed by atoms with Crippen LogP contribution in [-0.4, -0.2) is 29.2 Å². The third-order valence-corrected chi connectivity index (χ3v) is 4.78. The summed E-state index contributed by atoms with van der Waals surface area (Å²) < 4.78 is 0. The summed E-state index contributed by atoms with van der Waals surface area (Å²) in [5.74, 6) is -0.423. The highest BCUT2D eigenvalue weighted by Crippen LogP contribution is 2.30. The molecule has 6 heteroatoms. The summed E-state index contributed by atoms with van der Waals surface area (Å²) in [5.41, 5.74) is 14.7. The van der Waals surface area contributed by atoms with Gasteiger partial charge in [-0.2, -0.15) is 5.10 Å². The van der Waals surface area contributed by atoms with Crippen LogP contribution < -0.4 is 11.5 Å². The maximum absolute atomic E-state index is 12.1. The van der Waals surface area contributed by atoms with Crippen LogP contribution in [0.15, 0.2) is 47.6 Å². The fourth-order valence-corrected chi connectivity index (χ4v) is 3.00. The third-order valence-electron chi connectivity index (χ3n) is 4.54. The first-order chi connectivity index (χ1) is 11.3. The first kappa shape index (κ1) is 16.3. The molecule has 0 saturated carbocycles. The minimum atomic E-state index is -0.919. The van der Waals surface area contributed by atoms with E-state index in [4.69, 9.17) is 23.1 Å². The van der Waals surface area contributed by atoms with E-state index in [1.807, 2.05) is 42.5 Å². The van der Waals surface area contributed by atoms with Crippen molar-refractivity contribution in [2.24, 2.45) is 10.8 Å². The minimum Gasteiger partial charge on any atom is -0.399 e. The highest BCUT2D eigenvalue weighted by atomic mass is 35.5. The molecule has 0 saturated heterocycles. The number of carbonyl (C=O) groups excluding carboxylic acids is 1. The van der Waals surface area contributed by atoms with Gasteiger partial charge in [-0.3, -0.25) is 9.80 Å². The smallest absolute Gasteiger partial charge is 0.245 e. The number of hydrazone groups is 1. The molecule has 3 rings (SSSR count). The molecular weight excluding hydrogens is 324 g/mol. The summed E-state index contributed by atoms with van der Waals surface area (Å²) in [7, 11) is 1.76. The summed E-state index contributed by atoms with van der Waals surface area (Å²) >= 11 is 6.20. The molecule has 1 amide bonds. The number of likely N-dealkylation sites (N-methyl/N-ethyl adjacent to an activating group) is 1. The maximum atomic E-state index is 12.1. The van der Waals surface area contributed by atoms with Gasteiger partial charge in [0.15, 0.2) is 0 Å². The van der Waals surface area contributed by atoms with E-state index in [1.54, 1.807) is 19.0 Å². The van der Waals surface area contributed by atoms with Gasteiger partial charge in [0.25, 0.3) is 0 Å². The van der Waals surface area contributed by atoms with Crippen molar-refractivity contribution in [2.45, 2.75) is 18.9 Å². The van der Waals surface area contributed by atoms with E-state index in [0.717, 1.165) is 22.4 Å². The molecule has 0 fully saturated rings. The first-order valence-corrected chi connectivity index (χ1v) is 7.96. The number of primary amides is 1. The number of anilines is 1. The molecule has 2 aromatic rings. The van der Waals surface area contributed by atoms with Gasteiger partial charge < -0.3 is 11.5 Å². The van der Waals surface area contributed by atoms with Crippen LogP contribution in [0.5, 0.6) is 0 Å². The zero-order valence-electron chi connectivity index (χ0n) is 13.6. The molecule has 124 valence electrons. The van der Waals surface area contributed by atoms with Gasteiger partial charge in [-0.05, 0) is 36.8 Å². The van der Waals surface area contributed by atoms with Crippen LogP contribution in [0.3, 0.4) is 0 Å². The SMILES string of the molecule is CN1N=C(c2ccc(N)cc2)c2cc(Cl)ccc2CC1(C)C(N)=O. The summed E-state index contributed by atoms with van der Waals surface area (Å²) in [6, 6.07) is 13.0. The molecule has 2 aromatic carbocycles. The van der Waals surface area contributed by atoms with Gasteiger partial charge in [-0.25, -0.2) is 0 Å². The second kappa shape index (κ2) is 5.83. The van der Waals surface area contributed by atoms with E-state index >= 15 is 0 Å². The average molecular weight is 343 g/mol. The molecule has 0 radical (unpaired) electrons. The lowest BCUT2D eigenvalue weighted by atomic mass is 9.88. The van der Waals surface area contributed by atoms with E-state index in [-0.39, 0.29) is 0 Å². The van der Waals surface area contributed by atoms with Crippen molar-refractivity contribution < 1.29 is 4.79 Å². The van der Waals surface area contributed by atoms with Crippen LogP contribution in [0.25, 0.3) is 0 Å². The Labute approximate surface area is 145 Å². The highest BCUT2D eigenvalue weighted by molar-refractivity contribution is 6.31. The van der Waals surface area contributed by atoms with Gasteiger partial charge in [0.1, 0.15) is 5.54 Å². The van der Waals surface area contributed by atoms with Crippen molar-refractivity contribution >= 4 is 28.9 Å². The van der Waals surface area contributed by atoms with E-state index in [1.165, 1.54) is 0 Å². The monoisotopic (exact) mass is 342 g/mol. The molecule has 24 heavy (non-hydrogen) atoms. The number of nitrogens with zero attached hydrogens (tertiary/aromatic N) is 2. The number of hydrogen-bond donors (Lipinski definition) is 2. The quantitative estimate of drug-likeness (QED) is 0.822. The fraction of sp³-hybridized carbons (Fsp3) is 0.222. The van der Waals surface area contributed by atoms with Crippen molar-refractivity contribution in [2.75, 3.05) is 12.8 Å². The molecule has 1 atom stereocenters. The minimum absolute atomic E-state index is 0.423. The average Bonchev–Trinajstić information content (AvgIpc) is 2.65. The number of fused-ring (bicyclic) bond motifs is 1. The maximum Gasteiger partial charge on any atom is 0.245 e. The van der Waals surface area contributed by atoms with Crippen LogP contribution in [0, 0.1) is 0 Å². The Morgan fingerprint density at radius 2 is 1.92 bits per heavy atom. The van der Waals surface area contributed by atoms with E-state index in [0.29, 0.717) is 17.1 Å². The Hall–Kier alpha value is -2.53. The predicted octanol–water partition coefficient (Wildman–Crippen LogP) is 2.41. The second-order valence-corrected chi connectivity index (χ2v) is 6.65. The summed E-state index contributed by atoms with van der Waals surface area (Å²) in [6.07, 6.45) is 0.452. The zero-order chi connectivity index (χ0) is 17.5. The number of amides is 1. The number of benzene rings is 2. The van der Waals surface area contributed by atoms with Gasteiger partial charge in [0.2, 0.25) is 5.91 Å². The molecule has 5 nitrogen and oxygen atoms in total. The first-order valence-electron chi connectivity index (χ1n) is 7.58. The lowest BCUT2D eigenvalue weighted by Crippen LogP contribution is -2.53. The van der Waals surface area contributed by atoms with Gasteiger partial charge in [0.05, 0.1) is 5.71 Å². The Morgan fingerprint density at radius 1 is 1.25 bits per heavy atom. The number of nitrogens with two attached hydrogens (primary N) is 2. The van der Waals surface area contributed by atoms with Crippen molar-refractivity contribution in [3.05, 3.63) is 64.2 Å². The normalized spacial score (nSPS) is 20.1. The molecule has 0 aromatic heterocycles. The largest absolute Gasteiger partial charge is 0.399 e. The van der Waals surface area contributed by atoms with Crippen molar-refractivity contribution in [3.8, 4) is 0 Å². The van der Waals surface area contributed by atoms with Crippen LogP contribution in [0.4, 0.5) is 5.69 Å². The molecule has 4 N–H and O–H groups in total. The van der Waals surface area contributed by atoms with Crippen molar-refractivity contribution in [1.29, 1.82) is 0 Å². The predicted molar refractivity (Wildman–Crippen MR) is 97.0 cm³/mol. The summed E-state index contributed by atoms with van der Waals surface area (Å²) in [4.78, 5) is 12.1. The third kappa shape index (κ3) is 2.71. The Morgan fingerprint density at radius 3 is 2.54 bits per heavy atom. The van der Waals surface area contributed by atoms with Gasteiger partial charge in [-0.15, -0.1) is 0 Å². The van der Waals surface area contributed by atoms with Gasteiger partial charge >= 0.3 is 0 Å². The lowest BCUT2D eigenvalue weighted by Gasteiger charge is -2.32. The number of carbonyl (C=O) groups is 1. The molecule has 1 heterocycles. The molecule has 1 aliphatic rings. The van der Waals surface area contributed by atoms with Crippen LogP contribution >= 0.6 is 11.6 Å². The zero-order valence-corrected chi connectivity index (χ0v) is 14.3. The van der Waals surface area contributed by atoms with Gasteiger partial charge in [-0.1, -0.05) is 29.8 Å². The summed E-state index contributed by atoms with van der Waals surface area (Å²) in [5, 5.41) is 6.93. The van der Waals surface area contributed by atoms with Crippen LogP contribution in [0.1, 0.15) is 23.6 Å². The molecule has 0 aliphatic carbocycles. The Kier molecular flexibility index (Phi) is 3.97. The van der Waals surface area contributed by atoms with Crippen molar-refractivity contribution in [3.63, 3.8) is 0 Å². The summed E-state index contributed by atoms with van der Waals surface area (Å²) in [6.45, 7) is 1.79. The second-order valence-electron chi connectivity index (χ2n) is 6.21. The highest BCUT2D eigenvalue weighted by Gasteiger charge is 2.39. The van der Waals surface area contributed by atoms with Crippen LogP contribution in [-0.2, 0) is 11.2 Å². The van der Waals surface area contributed by atoms with Crippen LogP contribution in [0.2, 0.25) is 5.02 Å². The fourth-order valence-electron chi connectivity index (χ4n) is 2.82. The van der Waals surface area contributed by atoms with E-state index in [9.17, 15) is 4.79 Å². The standard InChI is InChI=1S/C18H19ClN4O/c1-18(17(21)24)10-12-3-6-13(19)9-15(12)16(22-23(18)2)11-4-7-14(20)8-5-11/h3-9H,10,20H2,1-2H3,(H2,21,24). The molecular formula is C18H19ClN4O. The number of halogens is 1. The number of rotatable bonds is 2. The number of nitrogen functional groups attached to an aromatic ring is 1. The molecule has 0 spiro atoms. The lowest BCUT2D eigenvalue weighted by molar-refractivity contribution is -0.128.